The highest BCUT2D eigenvalue weighted by molar-refractivity contribution is 6.73. The molecule has 9 aromatic rings. The van der Waals surface area contributed by atoms with E-state index in [2.05, 4.69) is 185 Å². The number of furan rings is 1. The number of nitrogens with zero attached hydrogens (tertiary/aromatic N) is 1. The van der Waals surface area contributed by atoms with Crippen molar-refractivity contribution in [2.45, 2.75) is 58.3 Å². The van der Waals surface area contributed by atoms with Crippen molar-refractivity contribution < 1.29 is 4.42 Å². The van der Waals surface area contributed by atoms with E-state index >= 15 is 0 Å². The van der Waals surface area contributed by atoms with Gasteiger partial charge in [0.15, 0.2) is 0 Å². The number of aromatic nitrogens is 1. The van der Waals surface area contributed by atoms with E-state index in [1.54, 1.807) is 0 Å². The molecule has 4 heteroatoms. The van der Waals surface area contributed by atoms with Gasteiger partial charge in [0.2, 0.25) is 7.28 Å². The Morgan fingerprint density at radius 3 is 2.18 bits per heavy atom. The summed E-state index contributed by atoms with van der Waals surface area (Å²) in [6.45, 7) is 11.9. The van der Waals surface area contributed by atoms with Crippen LogP contribution in [0, 0.1) is 6.92 Å². The van der Waals surface area contributed by atoms with Crippen molar-refractivity contribution in [2.24, 2.45) is 0 Å². The molecule has 1 aliphatic carbocycles. The van der Waals surface area contributed by atoms with Crippen LogP contribution in [0.4, 0.5) is 11.4 Å². The largest absolute Gasteiger partial charge is 0.469 e. The molecule has 0 fully saturated rings. The number of fused-ring (bicyclic) bond motifs is 9. The fourth-order valence-electron chi connectivity index (χ4n) is 9.75. The minimum Gasteiger partial charge on any atom is -0.469 e. The minimum absolute atomic E-state index is 0.133. The summed E-state index contributed by atoms with van der Waals surface area (Å²) in [4.78, 5) is 0. The second-order valence-electron chi connectivity index (χ2n) is 17.2. The van der Waals surface area contributed by atoms with E-state index in [4.69, 9.17) is 4.42 Å². The Bertz CT molecular complexity index is 3050. The molecule has 55 heavy (non-hydrogen) atoms. The fourth-order valence-corrected chi connectivity index (χ4v) is 9.75. The smallest absolute Gasteiger partial charge is 0.247 e. The third-order valence-electron chi connectivity index (χ3n) is 12.8. The van der Waals surface area contributed by atoms with Gasteiger partial charge in [0.1, 0.15) is 5.58 Å². The van der Waals surface area contributed by atoms with Crippen molar-refractivity contribution in [3.8, 4) is 27.9 Å². The number of hydrogen-bond acceptors (Lipinski definition) is 2. The summed E-state index contributed by atoms with van der Waals surface area (Å²) in [5, 5.41) is 10.1. The van der Waals surface area contributed by atoms with E-state index in [1.165, 1.54) is 89.8 Å². The second kappa shape index (κ2) is 11.5. The lowest BCUT2D eigenvalue weighted by Gasteiger charge is -2.42. The summed E-state index contributed by atoms with van der Waals surface area (Å²) in [7, 11) is 2.30. The number of aryl methyl sites for hydroxylation is 1. The molecule has 0 bridgehead atoms. The fraction of sp³-hybridized carbons (Fsp3) is 0.176. The van der Waals surface area contributed by atoms with Crippen LogP contribution in [0.5, 0.6) is 0 Å². The first-order valence-corrected chi connectivity index (χ1v) is 19.6. The number of benzene rings is 7. The van der Waals surface area contributed by atoms with Gasteiger partial charge in [-0.2, -0.15) is 0 Å². The summed E-state index contributed by atoms with van der Waals surface area (Å²) in [6.07, 6.45) is 2.39. The van der Waals surface area contributed by atoms with Crippen molar-refractivity contribution in [3.63, 3.8) is 0 Å². The highest BCUT2D eigenvalue weighted by atomic mass is 16.3. The minimum atomic E-state index is 0.133. The summed E-state index contributed by atoms with van der Waals surface area (Å²) < 4.78 is 9.32. The van der Waals surface area contributed by atoms with Crippen LogP contribution in [0.2, 0.25) is 0 Å². The molecule has 7 aromatic carbocycles. The first-order chi connectivity index (χ1) is 26.6. The number of hydrogen-bond donors (Lipinski definition) is 1. The normalized spacial score (nSPS) is 15.3. The van der Waals surface area contributed by atoms with E-state index in [1.807, 2.05) is 0 Å². The molecule has 265 valence electrons. The van der Waals surface area contributed by atoms with Crippen molar-refractivity contribution in [1.29, 1.82) is 0 Å². The third-order valence-corrected chi connectivity index (χ3v) is 12.8. The van der Waals surface area contributed by atoms with Crippen LogP contribution in [0.15, 0.2) is 138 Å². The summed E-state index contributed by atoms with van der Waals surface area (Å²) >= 11 is 0. The zero-order valence-electron chi connectivity index (χ0n) is 32.0. The average Bonchev–Trinajstić information content (AvgIpc) is 3.73. The quantitative estimate of drug-likeness (QED) is 0.184. The zero-order valence-corrected chi connectivity index (χ0v) is 32.0. The molecule has 1 aliphatic heterocycles. The van der Waals surface area contributed by atoms with Gasteiger partial charge in [0.25, 0.3) is 0 Å². The van der Waals surface area contributed by atoms with Gasteiger partial charge in [-0.15, -0.1) is 0 Å². The highest BCUT2D eigenvalue weighted by Crippen LogP contribution is 2.47. The molecule has 0 spiro atoms. The number of anilines is 2. The monoisotopic (exact) mass is 709 g/mol. The summed E-state index contributed by atoms with van der Waals surface area (Å²) in [5.41, 5.74) is 17.9. The molecular weight excluding hydrogens is 667 g/mol. The van der Waals surface area contributed by atoms with Gasteiger partial charge in [-0.05, 0) is 123 Å². The molecule has 2 aliphatic rings. The van der Waals surface area contributed by atoms with Gasteiger partial charge in [-0.3, -0.25) is 0 Å². The molecule has 1 radical (unpaired) electrons. The molecule has 11 rings (SSSR count). The van der Waals surface area contributed by atoms with E-state index in [-0.39, 0.29) is 10.8 Å². The highest BCUT2D eigenvalue weighted by Gasteiger charge is 2.37. The third kappa shape index (κ3) is 4.83. The molecular formula is C51H42BN2O. The first-order valence-electron chi connectivity index (χ1n) is 19.6. The Labute approximate surface area is 322 Å². The van der Waals surface area contributed by atoms with Gasteiger partial charge in [0.05, 0.1) is 16.9 Å². The van der Waals surface area contributed by atoms with Crippen molar-refractivity contribution >= 4 is 73.3 Å². The molecule has 3 nitrogen and oxygen atoms in total. The molecule has 0 amide bonds. The lowest BCUT2D eigenvalue weighted by atomic mass is 9.62. The molecule has 0 atom stereocenters. The summed E-state index contributed by atoms with van der Waals surface area (Å²) in [6, 6.07) is 49.0. The predicted molar refractivity (Wildman–Crippen MR) is 234 cm³/mol. The number of nitrogens with one attached hydrogen (secondary N) is 1. The van der Waals surface area contributed by atoms with Gasteiger partial charge < -0.3 is 14.3 Å². The SMILES string of the molecule is Cc1cc(-c2ccccc2Nc2ccc3c(c2)C(C)(C)CCC3(C)C)c2c3c1c1cc4ccccc4cc1n3-c1c(oc3ccc(-c4ccccc4)cc13)[B]2. The topological polar surface area (TPSA) is 30.1 Å². The van der Waals surface area contributed by atoms with Gasteiger partial charge >= 0.3 is 0 Å². The second-order valence-corrected chi connectivity index (χ2v) is 17.2. The van der Waals surface area contributed by atoms with Crippen LogP contribution in [0.3, 0.4) is 0 Å². The standard InChI is InChI=1S/C51H42BN2O/c1-30-25-37(36-17-11-12-18-42(36)53-35-20-21-40-41(29-35)51(4,5)24-23-50(40,2)3)46-48-45(30)38-26-32-15-9-10-16-33(32)28-43(38)54(48)47-39-27-34(31-13-7-6-8-14-31)19-22-44(39)55-49(47)52-46/h6-22,25-29,53H,23-24H2,1-5H3. The Balaban J connectivity index is 1.15. The van der Waals surface area contributed by atoms with Crippen LogP contribution in [0.25, 0.3) is 71.5 Å². The van der Waals surface area contributed by atoms with E-state index in [9.17, 15) is 0 Å². The zero-order chi connectivity index (χ0) is 37.2. The van der Waals surface area contributed by atoms with Crippen molar-refractivity contribution in [3.05, 3.63) is 150 Å². The Morgan fingerprint density at radius 2 is 1.36 bits per heavy atom. The lowest BCUT2D eigenvalue weighted by molar-refractivity contribution is 0.332. The van der Waals surface area contributed by atoms with Crippen LogP contribution in [-0.4, -0.2) is 11.8 Å². The Morgan fingerprint density at radius 1 is 0.636 bits per heavy atom. The Kier molecular flexibility index (Phi) is 6.79. The van der Waals surface area contributed by atoms with Crippen LogP contribution in [0.1, 0.15) is 57.2 Å². The molecule has 0 unspecified atom stereocenters. The van der Waals surface area contributed by atoms with Crippen molar-refractivity contribution in [1.82, 2.24) is 4.57 Å². The van der Waals surface area contributed by atoms with Crippen LogP contribution < -0.4 is 16.4 Å². The Hall–Kier alpha value is -6.00. The van der Waals surface area contributed by atoms with Gasteiger partial charge in [-0.1, -0.05) is 119 Å². The number of rotatable bonds is 4. The van der Waals surface area contributed by atoms with Crippen molar-refractivity contribution in [2.75, 3.05) is 5.32 Å². The molecule has 3 heterocycles. The van der Waals surface area contributed by atoms with Gasteiger partial charge in [0, 0.05) is 38.6 Å². The maximum absolute atomic E-state index is 6.82. The molecule has 2 aromatic heterocycles. The molecule has 0 saturated heterocycles. The molecule has 0 saturated carbocycles. The first kappa shape index (κ1) is 32.4. The summed E-state index contributed by atoms with van der Waals surface area (Å²) in [5.74, 6) is 0. The lowest BCUT2D eigenvalue weighted by Crippen LogP contribution is -2.36. The van der Waals surface area contributed by atoms with Crippen LogP contribution >= 0.6 is 0 Å². The average molecular weight is 710 g/mol. The molecule has 1 N–H and O–H groups in total. The predicted octanol–water partition coefficient (Wildman–Crippen LogP) is 12.4. The maximum atomic E-state index is 6.82. The van der Waals surface area contributed by atoms with Gasteiger partial charge in [-0.25, -0.2) is 0 Å². The van der Waals surface area contributed by atoms with E-state index in [0.717, 1.165) is 33.7 Å². The van der Waals surface area contributed by atoms with Crippen LogP contribution in [-0.2, 0) is 10.8 Å². The van der Waals surface area contributed by atoms with E-state index < -0.39 is 0 Å². The van der Waals surface area contributed by atoms with E-state index in [0.29, 0.717) is 0 Å². The number of para-hydroxylation sites is 1. The maximum Gasteiger partial charge on any atom is 0.247 e.